The minimum absolute atomic E-state index is 0.00337. The SMILES string of the molecule is O=[N+]([O-])c1ccc2n[nH]c(C(O)C(O)CCO)c2c1. The molecule has 1 heterocycles. The smallest absolute Gasteiger partial charge is 0.270 e. The molecule has 0 spiro atoms. The number of aliphatic hydroxyl groups is 3. The Kier molecular flexibility index (Phi) is 3.74. The third-order valence-electron chi connectivity index (χ3n) is 2.86. The molecule has 1 aromatic carbocycles. The van der Waals surface area contributed by atoms with Gasteiger partial charge in [0.2, 0.25) is 0 Å². The standard InChI is InChI=1S/C11H13N3O5/c15-4-3-9(16)11(17)10-7-5-6(14(18)19)1-2-8(7)12-13-10/h1-2,5,9,11,15-17H,3-4H2,(H,12,13). The van der Waals surface area contributed by atoms with Crippen molar-refractivity contribution in [3.05, 3.63) is 34.0 Å². The van der Waals surface area contributed by atoms with E-state index in [2.05, 4.69) is 10.2 Å². The van der Waals surface area contributed by atoms with E-state index >= 15 is 0 Å². The number of nitro benzene ring substituents is 1. The summed E-state index contributed by atoms with van der Waals surface area (Å²) in [5.41, 5.74) is 0.523. The van der Waals surface area contributed by atoms with Gasteiger partial charge < -0.3 is 15.3 Å². The van der Waals surface area contributed by atoms with Crippen LogP contribution in [0.25, 0.3) is 10.9 Å². The average molecular weight is 267 g/mol. The van der Waals surface area contributed by atoms with Gasteiger partial charge in [-0.2, -0.15) is 5.10 Å². The predicted molar refractivity (Wildman–Crippen MR) is 65.4 cm³/mol. The van der Waals surface area contributed by atoms with Crippen molar-refractivity contribution in [1.29, 1.82) is 0 Å². The van der Waals surface area contributed by atoms with Crippen LogP contribution in [0.1, 0.15) is 18.2 Å². The van der Waals surface area contributed by atoms with Crippen molar-refractivity contribution in [3.63, 3.8) is 0 Å². The second-order valence-electron chi connectivity index (χ2n) is 4.12. The number of non-ortho nitro benzene ring substituents is 1. The van der Waals surface area contributed by atoms with Crippen molar-refractivity contribution in [1.82, 2.24) is 10.2 Å². The monoisotopic (exact) mass is 267 g/mol. The lowest BCUT2D eigenvalue weighted by Crippen LogP contribution is -2.20. The fraction of sp³-hybridized carbons (Fsp3) is 0.364. The lowest BCUT2D eigenvalue weighted by molar-refractivity contribution is -0.384. The summed E-state index contributed by atoms with van der Waals surface area (Å²) in [4.78, 5) is 10.2. The molecule has 2 unspecified atom stereocenters. The van der Waals surface area contributed by atoms with Crippen molar-refractivity contribution in [3.8, 4) is 0 Å². The molecular weight excluding hydrogens is 254 g/mol. The van der Waals surface area contributed by atoms with E-state index < -0.39 is 17.1 Å². The number of H-pyrrole nitrogens is 1. The van der Waals surface area contributed by atoms with Crippen molar-refractivity contribution < 1.29 is 20.2 Å². The van der Waals surface area contributed by atoms with Gasteiger partial charge in [0.15, 0.2) is 0 Å². The Morgan fingerprint density at radius 3 is 2.79 bits per heavy atom. The number of aromatic nitrogens is 2. The van der Waals surface area contributed by atoms with Gasteiger partial charge in [0.25, 0.3) is 5.69 Å². The molecule has 1 aromatic heterocycles. The fourth-order valence-electron chi connectivity index (χ4n) is 1.84. The van der Waals surface area contributed by atoms with Crippen LogP contribution in [0.3, 0.4) is 0 Å². The molecule has 0 fully saturated rings. The van der Waals surface area contributed by atoms with Gasteiger partial charge in [-0.05, 0) is 12.5 Å². The summed E-state index contributed by atoms with van der Waals surface area (Å²) in [6.45, 7) is -0.273. The fourth-order valence-corrected chi connectivity index (χ4v) is 1.84. The van der Waals surface area contributed by atoms with Crippen molar-refractivity contribution in [2.45, 2.75) is 18.6 Å². The first-order valence-corrected chi connectivity index (χ1v) is 5.64. The molecule has 102 valence electrons. The molecule has 0 aliphatic carbocycles. The number of nitro groups is 1. The summed E-state index contributed by atoms with van der Waals surface area (Å²) < 4.78 is 0. The lowest BCUT2D eigenvalue weighted by Gasteiger charge is -2.15. The van der Waals surface area contributed by atoms with Gasteiger partial charge in [0, 0.05) is 24.1 Å². The first-order valence-electron chi connectivity index (χ1n) is 5.64. The van der Waals surface area contributed by atoms with Gasteiger partial charge in [-0.25, -0.2) is 0 Å². The number of fused-ring (bicyclic) bond motifs is 1. The van der Waals surface area contributed by atoms with Crippen LogP contribution in [-0.2, 0) is 0 Å². The number of nitrogens with one attached hydrogen (secondary N) is 1. The molecule has 0 saturated heterocycles. The Labute approximate surface area is 107 Å². The Balaban J connectivity index is 2.43. The van der Waals surface area contributed by atoms with Crippen LogP contribution < -0.4 is 0 Å². The zero-order chi connectivity index (χ0) is 14.0. The van der Waals surface area contributed by atoms with Crippen LogP contribution >= 0.6 is 0 Å². The number of nitrogens with zero attached hydrogens (tertiary/aromatic N) is 2. The second-order valence-corrected chi connectivity index (χ2v) is 4.12. The lowest BCUT2D eigenvalue weighted by atomic mass is 10.0. The maximum atomic E-state index is 10.7. The average Bonchev–Trinajstić information content (AvgIpc) is 2.80. The zero-order valence-electron chi connectivity index (χ0n) is 9.85. The molecule has 0 saturated carbocycles. The second kappa shape index (κ2) is 5.31. The molecule has 2 rings (SSSR count). The third-order valence-corrected chi connectivity index (χ3v) is 2.86. The van der Waals surface area contributed by atoms with E-state index in [9.17, 15) is 20.3 Å². The third kappa shape index (κ3) is 2.55. The number of rotatable bonds is 5. The Bertz CT molecular complexity index is 597. The number of benzene rings is 1. The zero-order valence-corrected chi connectivity index (χ0v) is 9.85. The Hall–Kier alpha value is -2.03. The summed E-state index contributed by atoms with van der Waals surface area (Å²) in [6, 6.07) is 4.05. The molecular formula is C11H13N3O5. The first kappa shape index (κ1) is 13.4. The van der Waals surface area contributed by atoms with Crippen molar-refractivity contribution >= 4 is 16.6 Å². The molecule has 2 aromatic rings. The van der Waals surface area contributed by atoms with Crippen LogP contribution in [0.2, 0.25) is 0 Å². The minimum Gasteiger partial charge on any atom is -0.396 e. The molecule has 2 atom stereocenters. The summed E-state index contributed by atoms with van der Waals surface area (Å²) in [5, 5.41) is 45.8. The highest BCUT2D eigenvalue weighted by Gasteiger charge is 2.23. The summed E-state index contributed by atoms with van der Waals surface area (Å²) in [5.74, 6) is 0. The summed E-state index contributed by atoms with van der Waals surface area (Å²) in [7, 11) is 0. The summed E-state index contributed by atoms with van der Waals surface area (Å²) >= 11 is 0. The quantitative estimate of drug-likeness (QED) is 0.453. The highest BCUT2D eigenvalue weighted by atomic mass is 16.6. The van der Waals surface area contributed by atoms with Gasteiger partial charge in [-0.3, -0.25) is 15.2 Å². The van der Waals surface area contributed by atoms with Gasteiger partial charge in [-0.1, -0.05) is 0 Å². The predicted octanol–water partition coefficient (Wildman–Crippen LogP) is 0.248. The highest BCUT2D eigenvalue weighted by Crippen LogP contribution is 2.28. The van der Waals surface area contributed by atoms with Gasteiger partial charge in [0.05, 0.1) is 22.2 Å². The van der Waals surface area contributed by atoms with Crippen LogP contribution in [0.4, 0.5) is 5.69 Å². The van der Waals surface area contributed by atoms with E-state index in [-0.39, 0.29) is 24.4 Å². The van der Waals surface area contributed by atoms with Crippen LogP contribution in [-0.4, -0.2) is 43.2 Å². The van der Waals surface area contributed by atoms with E-state index in [4.69, 9.17) is 5.11 Å². The van der Waals surface area contributed by atoms with Crippen LogP contribution in [0.15, 0.2) is 18.2 Å². The first-order chi connectivity index (χ1) is 9.04. The maximum Gasteiger partial charge on any atom is 0.270 e. The van der Waals surface area contributed by atoms with Gasteiger partial charge in [0.1, 0.15) is 6.10 Å². The molecule has 19 heavy (non-hydrogen) atoms. The van der Waals surface area contributed by atoms with Crippen LogP contribution in [0, 0.1) is 10.1 Å². The molecule has 0 aliphatic heterocycles. The Morgan fingerprint density at radius 2 is 2.16 bits per heavy atom. The van der Waals surface area contributed by atoms with Crippen LogP contribution in [0.5, 0.6) is 0 Å². The number of aliphatic hydroxyl groups excluding tert-OH is 3. The Morgan fingerprint density at radius 1 is 1.42 bits per heavy atom. The topological polar surface area (TPSA) is 133 Å². The largest absolute Gasteiger partial charge is 0.396 e. The summed E-state index contributed by atoms with van der Waals surface area (Å²) in [6.07, 6.45) is -2.47. The van der Waals surface area contributed by atoms with Gasteiger partial charge >= 0.3 is 0 Å². The van der Waals surface area contributed by atoms with Gasteiger partial charge in [-0.15, -0.1) is 0 Å². The minimum atomic E-state index is -1.29. The van der Waals surface area contributed by atoms with Crippen molar-refractivity contribution in [2.24, 2.45) is 0 Å². The molecule has 8 nitrogen and oxygen atoms in total. The van der Waals surface area contributed by atoms with E-state index in [0.717, 1.165) is 0 Å². The molecule has 0 aliphatic rings. The van der Waals surface area contributed by atoms with E-state index in [1.54, 1.807) is 0 Å². The number of aromatic amines is 1. The van der Waals surface area contributed by atoms with E-state index in [0.29, 0.717) is 10.9 Å². The molecule has 0 amide bonds. The molecule has 0 radical (unpaired) electrons. The number of hydrogen-bond acceptors (Lipinski definition) is 6. The molecule has 4 N–H and O–H groups in total. The highest BCUT2D eigenvalue weighted by molar-refractivity contribution is 5.84. The number of hydrogen-bond donors (Lipinski definition) is 4. The molecule has 0 bridgehead atoms. The molecule has 8 heteroatoms. The maximum absolute atomic E-state index is 10.7. The normalized spacial score (nSPS) is 14.5. The van der Waals surface area contributed by atoms with E-state index in [1.165, 1.54) is 18.2 Å². The van der Waals surface area contributed by atoms with Crippen molar-refractivity contribution in [2.75, 3.05) is 6.61 Å². The van der Waals surface area contributed by atoms with E-state index in [1.807, 2.05) is 0 Å².